The number of aliphatic hydroxyl groups is 1. The lowest BCUT2D eigenvalue weighted by Gasteiger charge is -2.42. The maximum absolute atomic E-state index is 11.9. The van der Waals surface area contributed by atoms with Gasteiger partial charge in [0.1, 0.15) is 5.75 Å². The molecule has 0 amide bonds. The fourth-order valence-corrected chi connectivity index (χ4v) is 4.24. The first-order valence-electron chi connectivity index (χ1n) is 9.41. The van der Waals surface area contributed by atoms with E-state index in [4.69, 9.17) is 9.72 Å². The molecule has 0 bridgehead atoms. The van der Waals surface area contributed by atoms with Gasteiger partial charge < -0.3 is 14.7 Å². The van der Waals surface area contributed by atoms with Crippen LogP contribution in [0.3, 0.4) is 0 Å². The molecule has 0 saturated carbocycles. The van der Waals surface area contributed by atoms with Gasteiger partial charge in [-0.05, 0) is 62.3 Å². The minimum absolute atomic E-state index is 0.104. The minimum Gasteiger partial charge on any atom is -0.497 e. The average Bonchev–Trinajstić information content (AvgIpc) is 2.69. The van der Waals surface area contributed by atoms with Crippen molar-refractivity contribution in [2.24, 2.45) is 0 Å². The largest absolute Gasteiger partial charge is 0.497 e. The van der Waals surface area contributed by atoms with Crippen LogP contribution in [0.5, 0.6) is 5.75 Å². The Bertz CT molecular complexity index is 970. The van der Waals surface area contributed by atoms with Gasteiger partial charge >= 0.3 is 0 Å². The van der Waals surface area contributed by atoms with Gasteiger partial charge in [0.05, 0.1) is 23.9 Å². The molecule has 4 heteroatoms. The van der Waals surface area contributed by atoms with Gasteiger partial charge in [-0.3, -0.25) is 4.98 Å². The molecule has 4 rings (SSSR count). The first-order chi connectivity index (χ1) is 13.0. The number of hydrogen-bond acceptors (Lipinski definition) is 4. The molecule has 0 radical (unpaired) electrons. The number of pyridine rings is 1. The van der Waals surface area contributed by atoms with E-state index in [-0.39, 0.29) is 5.92 Å². The molecule has 0 spiro atoms. The van der Waals surface area contributed by atoms with Gasteiger partial charge in [-0.1, -0.05) is 30.3 Å². The summed E-state index contributed by atoms with van der Waals surface area (Å²) in [5.41, 5.74) is 3.16. The Morgan fingerprint density at radius 1 is 1.15 bits per heavy atom. The zero-order valence-corrected chi connectivity index (χ0v) is 16.1. The number of aromatic nitrogens is 1. The van der Waals surface area contributed by atoms with Crippen LogP contribution in [0, 0.1) is 0 Å². The molecule has 140 valence electrons. The summed E-state index contributed by atoms with van der Waals surface area (Å²) in [5, 5.41) is 13.0. The lowest BCUT2D eigenvalue weighted by Crippen LogP contribution is -2.43. The van der Waals surface area contributed by atoms with Crippen LogP contribution in [-0.2, 0) is 12.0 Å². The van der Waals surface area contributed by atoms with E-state index in [1.807, 2.05) is 56.6 Å². The van der Waals surface area contributed by atoms with Crippen LogP contribution in [0.25, 0.3) is 10.9 Å². The van der Waals surface area contributed by atoms with Gasteiger partial charge in [-0.2, -0.15) is 0 Å². The Labute approximate surface area is 160 Å². The maximum Gasteiger partial charge on any atom is 0.119 e. The molecule has 1 heterocycles. The van der Waals surface area contributed by atoms with E-state index < -0.39 is 5.60 Å². The molecule has 3 aromatic rings. The molecule has 2 aromatic carbocycles. The fraction of sp³-hybridized carbons (Fsp3) is 0.348. The number of aryl methyl sites for hydroxylation is 1. The van der Waals surface area contributed by atoms with Crippen molar-refractivity contribution < 1.29 is 9.84 Å². The Morgan fingerprint density at radius 3 is 2.74 bits per heavy atom. The molecule has 1 aliphatic carbocycles. The monoisotopic (exact) mass is 362 g/mol. The van der Waals surface area contributed by atoms with E-state index in [9.17, 15) is 5.11 Å². The Kier molecular flexibility index (Phi) is 4.62. The third kappa shape index (κ3) is 3.20. The lowest BCUT2D eigenvalue weighted by molar-refractivity contribution is -0.0167. The highest BCUT2D eigenvalue weighted by Crippen LogP contribution is 2.46. The molecule has 1 aromatic heterocycles. The van der Waals surface area contributed by atoms with Crippen LogP contribution in [0.1, 0.15) is 29.2 Å². The van der Waals surface area contributed by atoms with E-state index >= 15 is 0 Å². The number of ether oxygens (including phenoxy) is 1. The second-order valence-electron chi connectivity index (χ2n) is 7.70. The summed E-state index contributed by atoms with van der Waals surface area (Å²) in [6.07, 6.45) is 1.48. The zero-order valence-electron chi connectivity index (χ0n) is 16.1. The first-order valence-corrected chi connectivity index (χ1v) is 9.41. The van der Waals surface area contributed by atoms with Gasteiger partial charge in [-0.15, -0.1) is 0 Å². The normalized spacial score (nSPS) is 22.0. The second kappa shape index (κ2) is 6.95. The standard InChI is InChI=1S/C23H26N2O2/c1-25(2)15-20-22-17(13-16-7-4-5-10-21(16)24-22)11-12-23(20,26)18-8-6-9-19(14-18)27-3/h4-10,13-14,20,26H,11-12,15H2,1-3H3. The van der Waals surface area contributed by atoms with Crippen LogP contribution in [0.15, 0.2) is 54.6 Å². The van der Waals surface area contributed by atoms with Crippen molar-refractivity contribution in [1.82, 2.24) is 9.88 Å². The van der Waals surface area contributed by atoms with E-state index in [1.165, 1.54) is 5.56 Å². The van der Waals surface area contributed by atoms with Gasteiger partial charge in [0.2, 0.25) is 0 Å². The van der Waals surface area contributed by atoms with E-state index in [2.05, 4.69) is 17.0 Å². The van der Waals surface area contributed by atoms with E-state index in [1.54, 1.807) is 7.11 Å². The molecule has 0 aliphatic heterocycles. The molecule has 27 heavy (non-hydrogen) atoms. The summed E-state index contributed by atoms with van der Waals surface area (Å²) in [7, 11) is 5.74. The zero-order chi connectivity index (χ0) is 19.0. The Morgan fingerprint density at radius 2 is 1.96 bits per heavy atom. The quantitative estimate of drug-likeness (QED) is 0.768. The molecule has 0 fully saturated rings. The predicted molar refractivity (Wildman–Crippen MR) is 108 cm³/mol. The van der Waals surface area contributed by atoms with Crippen LogP contribution in [0.2, 0.25) is 0 Å². The van der Waals surface area contributed by atoms with Gasteiger partial charge in [0.15, 0.2) is 0 Å². The number of fused-ring (bicyclic) bond motifs is 2. The number of hydrogen-bond donors (Lipinski definition) is 1. The predicted octanol–water partition coefficient (Wildman–Crippen LogP) is 3.72. The van der Waals surface area contributed by atoms with Gasteiger partial charge in [0, 0.05) is 17.8 Å². The molecule has 1 N–H and O–H groups in total. The summed E-state index contributed by atoms with van der Waals surface area (Å²) in [6, 6.07) is 18.3. The van der Waals surface area contributed by atoms with Crippen LogP contribution in [0.4, 0.5) is 0 Å². The Hall–Kier alpha value is -2.43. The fourth-order valence-electron chi connectivity index (χ4n) is 4.24. The highest BCUT2D eigenvalue weighted by molar-refractivity contribution is 5.79. The number of methoxy groups -OCH3 is 1. The van der Waals surface area contributed by atoms with Crippen molar-refractivity contribution >= 4 is 10.9 Å². The Balaban J connectivity index is 1.87. The third-order valence-corrected chi connectivity index (χ3v) is 5.64. The molecular weight excluding hydrogens is 336 g/mol. The molecule has 4 nitrogen and oxygen atoms in total. The maximum atomic E-state index is 11.9. The topological polar surface area (TPSA) is 45.6 Å². The number of benzene rings is 2. The lowest BCUT2D eigenvalue weighted by atomic mass is 9.70. The van der Waals surface area contributed by atoms with Crippen molar-refractivity contribution in [3.05, 3.63) is 71.4 Å². The van der Waals surface area contributed by atoms with Crippen LogP contribution >= 0.6 is 0 Å². The smallest absolute Gasteiger partial charge is 0.119 e. The first kappa shape index (κ1) is 18.0. The van der Waals surface area contributed by atoms with Gasteiger partial charge in [0.25, 0.3) is 0 Å². The van der Waals surface area contributed by atoms with Crippen LogP contribution < -0.4 is 4.74 Å². The molecule has 1 aliphatic rings. The number of nitrogens with zero attached hydrogens (tertiary/aromatic N) is 2. The third-order valence-electron chi connectivity index (χ3n) is 5.64. The van der Waals surface area contributed by atoms with E-state index in [0.717, 1.165) is 40.9 Å². The molecule has 2 atom stereocenters. The summed E-state index contributed by atoms with van der Waals surface area (Å²) >= 11 is 0. The van der Waals surface area contributed by atoms with Crippen molar-refractivity contribution in [3.8, 4) is 5.75 Å². The summed E-state index contributed by atoms with van der Waals surface area (Å²) < 4.78 is 5.40. The molecular formula is C23H26N2O2. The summed E-state index contributed by atoms with van der Waals surface area (Å²) in [5.74, 6) is 0.662. The number of para-hydroxylation sites is 1. The number of likely N-dealkylation sites (N-methyl/N-ethyl adjacent to an activating group) is 1. The SMILES string of the molecule is COc1cccc(C2(O)CCc3cc4ccccc4nc3C2CN(C)C)c1. The highest BCUT2D eigenvalue weighted by atomic mass is 16.5. The summed E-state index contributed by atoms with van der Waals surface area (Å²) in [4.78, 5) is 7.12. The highest BCUT2D eigenvalue weighted by Gasteiger charge is 2.44. The number of rotatable bonds is 4. The van der Waals surface area contributed by atoms with Crippen molar-refractivity contribution in [2.45, 2.75) is 24.4 Å². The van der Waals surface area contributed by atoms with Crippen LogP contribution in [-0.4, -0.2) is 42.7 Å². The summed E-state index contributed by atoms with van der Waals surface area (Å²) in [6.45, 7) is 0.728. The molecule has 0 saturated heterocycles. The van der Waals surface area contributed by atoms with Gasteiger partial charge in [-0.25, -0.2) is 0 Å². The molecule has 2 unspecified atom stereocenters. The van der Waals surface area contributed by atoms with E-state index in [0.29, 0.717) is 6.42 Å². The minimum atomic E-state index is -0.971. The second-order valence-corrected chi connectivity index (χ2v) is 7.70. The van der Waals surface area contributed by atoms with Crippen molar-refractivity contribution in [3.63, 3.8) is 0 Å². The van der Waals surface area contributed by atoms with Crippen molar-refractivity contribution in [1.29, 1.82) is 0 Å². The average molecular weight is 362 g/mol. The van der Waals surface area contributed by atoms with Crippen molar-refractivity contribution in [2.75, 3.05) is 27.7 Å².